The van der Waals surface area contributed by atoms with Crippen molar-refractivity contribution in [3.05, 3.63) is 20.8 Å². The zero-order chi connectivity index (χ0) is 16.3. The number of hydrogen-bond donors (Lipinski definition) is 2. The molecule has 8 heteroatoms. The van der Waals surface area contributed by atoms with Gasteiger partial charge in [-0.05, 0) is 26.7 Å². The average Bonchev–Trinajstić information content (AvgIpc) is 2.47. The van der Waals surface area contributed by atoms with E-state index in [1.165, 1.54) is 4.57 Å². The van der Waals surface area contributed by atoms with E-state index in [0.29, 0.717) is 26.2 Å². The molecule has 0 spiro atoms. The maximum absolute atomic E-state index is 12.1. The first-order valence-electron chi connectivity index (χ1n) is 7.53. The van der Waals surface area contributed by atoms with Gasteiger partial charge in [0.2, 0.25) is 0 Å². The van der Waals surface area contributed by atoms with Gasteiger partial charge in [0.25, 0.3) is 5.56 Å². The second-order valence-corrected chi connectivity index (χ2v) is 5.27. The third-order valence-corrected chi connectivity index (χ3v) is 3.89. The summed E-state index contributed by atoms with van der Waals surface area (Å²) in [4.78, 5) is 39.8. The molecule has 2 heterocycles. The molecule has 0 aliphatic carbocycles. The van der Waals surface area contributed by atoms with E-state index in [9.17, 15) is 14.4 Å². The smallest absolute Gasteiger partial charge is 0.330 e. The van der Waals surface area contributed by atoms with E-state index in [-0.39, 0.29) is 23.4 Å². The standard InChI is InChI=1S/C14H22N4O4/c1-3-18-11(15)10(12(19)16-14(18)21)17-7-5-6-9(8-17)13(20)22-4-2/h9H,3-8,15H2,1-2H3,(H,16,19,21)/t9-/m1/s1. The molecule has 1 atom stereocenters. The molecule has 0 radical (unpaired) electrons. The second-order valence-electron chi connectivity index (χ2n) is 5.27. The van der Waals surface area contributed by atoms with E-state index in [4.69, 9.17) is 10.5 Å². The molecule has 1 saturated heterocycles. The predicted octanol–water partition coefficient (Wildman–Crippen LogP) is -0.0818. The fraction of sp³-hybridized carbons (Fsp3) is 0.643. The lowest BCUT2D eigenvalue weighted by atomic mass is 9.98. The summed E-state index contributed by atoms with van der Waals surface area (Å²) < 4.78 is 6.36. The van der Waals surface area contributed by atoms with Crippen LogP contribution in [0.25, 0.3) is 0 Å². The fourth-order valence-corrected chi connectivity index (χ4v) is 2.83. The number of aromatic amines is 1. The maximum Gasteiger partial charge on any atom is 0.330 e. The quantitative estimate of drug-likeness (QED) is 0.753. The summed E-state index contributed by atoms with van der Waals surface area (Å²) in [6.07, 6.45) is 1.48. The summed E-state index contributed by atoms with van der Waals surface area (Å²) >= 11 is 0. The molecular weight excluding hydrogens is 288 g/mol. The molecule has 122 valence electrons. The largest absolute Gasteiger partial charge is 0.466 e. The number of nitrogens with two attached hydrogens (primary N) is 1. The Balaban J connectivity index is 2.34. The highest BCUT2D eigenvalue weighted by atomic mass is 16.5. The van der Waals surface area contributed by atoms with Crippen LogP contribution >= 0.6 is 0 Å². The molecule has 3 N–H and O–H groups in total. The van der Waals surface area contributed by atoms with E-state index >= 15 is 0 Å². The third-order valence-electron chi connectivity index (χ3n) is 3.89. The van der Waals surface area contributed by atoms with Gasteiger partial charge in [0.15, 0.2) is 0 Å². The van der Waals surface area contributed by atoms with Crippen molar-refractivity contribution in [1.29, 1.82) is 0 Å². The van der Waals surface area contributed by atoms with Crippen LogP contribution < -0.4 is 21.9 Å². The molecule has 0 saturated carbocycles. The minimum Gasteiger partial charge on any atom is -0.466 e. The van der Waals surface area contributed by atoms with Crippen molar-refractivity contribution < 1.29 is 9.53 Å². The number of rotatable bonds is 4. The summed E-state index contributed by atoms with van der Waals surface area (Å²) in [5.41, 5.74) is 5.21. The third kappa shape index (κ3) is 3.00. The molecule has 1 aliphatic rings. The van der Waals surface area contributed by atoms with E-state index in [1.54, 1.807) is 18.7 Å². The summed E-state index contributed by atoms with van der Waals surface area (Å²) in [6.45, 7) is 5.22. The van der Waals surface area contributed by atoms with Crippen molar-refractivity contribution in [2.24, 2.45) is 5.92 Å². The van der Waals surface area contributed by atoms with Crippen LogP contribution in [0.5, 0.6) is 0 Å². The van der Waals surface area contributed by atoms with Gasteiger partial charge in [-0.15, -0.1) is 0 Å². The Hall–Kier alpha value is -2.25. The first kappa shape index (κ1) is 16.1. The minimum absolute atomic E-state index is 0.140. The number of piperidine rings is 1. The average molecular weight is 310 g/mol. The molecule has 1 aromatic rings. The van der Waals surface area contributed by atoms with Gasteiger partial charge >= 0.3 is 11.7 Å². The molecule has 1 fully saturated rings. The number of carbonyl (C=O) groups excluding carboxylic acids is 1. The Morgan fingerprint density at radius 1 is 1.41 bits per heavy atom. The second kappa shape index (κ2) is 6.67. The molecule has 1 aliphatic heterocycles. The highest BCUT2D eigenvalue weighted by Gasteiger charge is 2.29. The van der Waals surface area contributed by atoms with Crippen LogP contribution in [0.3, 0.4) is 0 Å². The van der Waals surface area contributed by atoms with E-state index in [0.717, 1.165) is 12.8 Å². The lowest BCUT2D eigenvalue weighted by molar-refractivity contribution is -0.148. The van der Waals surface area contributed by atoms with Crippen LogP contribution in [0, 0.1) is 5.92 Å². The number of nitrogens with one attached hydrogen (secondary N) is 1. The number of ether oxygens (including phenoxy) is 1. The summed E-state index contributed by atoms with van der Waals surface area (Å²) in [5.74, 6) is -0.402. The SMILES string of the molecule is CCOC(=O)[C@@H]1CCCN(c2c(N)n(CC)c(=O)[nH]c2=O)C1. The number of hydrogen-bond acceptors (Lipinski definition) is 6. The van der Waals surface area contributed by atoms with Crippen molar-refractivity contribution in [1.82, 2.24) is 9.55 Å². The highest BCUT2D eigenvalue weighted by Crippen LogP contribution is 2.24. The van der Waals surface area contributed by atoms with Gasteiger partial charge in [0.1, 0.15) is 11.5 Å². The van der Waals surface area contributed by atoms with Crippen LogP contribution in [-0.4, -0.2) is 35.2 Å². The molecule has 0 aromatic carbocycles. The number of H-pyrrole nitrogens is 1. The van der Waals surface area contributed by atoms with Gasteiger partial charge in [0, 0.05) is 19.6 Å². The lowest BCUT2D eigenvalue weighted by Gasteiger charge is -2.33. The first-order chi connectivity index (χ1) is 10.5. The van der Waals surface area contributed by atoms with Crippen molar-refractivity contribution in [2.75, 3.05) is 30.3 Å². The van der Waals surface area contributed by atoms with Gasteiger partial charge in [-0.25, -0.2) is 4.79 Å². The van der Waals surface area contributed by atoms with Crippen LogP contribution in [0.1, 0.15) is 26.7 Å². The van der Waals surface area contributed by atoms with Crippen molar-refractivity contribution in [2.45, 2.75) is 33.2 Å². The molecule has 0 bridgehead atoms. The molecule has 8 nitrogen and oxygen atoms in total. The van der Waals surface area contributed by atoms with Crippen molar-refractivity contribution in [3.63, 3.8) is 0 Å². The van der Waals surface area contributed by atoms with Gasteiger partial charge in [0.05, 0.1) is 12.5 Å². The van der Waals surface area contributed by atoms with E-state index in [2.05, 4.69) is 4.98 Å². The predicted molar refractivity (Wildman–Crippen MR) is 83.0 cm³/mol. The summed E-state index contributed by atoms with van der Waals surface area (Å²) in [6, 6.07) is 0. The summed E-state index contributed by atoms with van der Waals surface area (Å²) in [5, 5.41) is 0. The van der Waals surface area contributed by atoms with Crippen LogP contribution in [-0.2, 0) is 16.1 Å². The minimum atomic E-state index is -0.521. The maximum atomic E-state index is 12.1. The van der Waals surface area contributed by atoms with Crippen LogP contribution in [0.2, 0.25) is 0 Å². The number of aromatic nitrogens is 2. The van der Waals surface area contributed by atoms with E-state index < -0.39 is 11.2 Å². The highest BCUT2D eigenvalue weighted by molar-refractivity contribution is 5.74. The number of esters is 1. The van der Waals surface area contributed by atoms with Crippen molar-refractivity contribution >= 4 is 17.5 Å². The van der Waals surface area contributed by atoms with Gasteiger partial charge in [-0.3, -0.25) is 19.1 Å². The van der Waals surface area contributed by atoms with Crippen molar-refractivity contribution in [3.8, 4) is 0 Å². The Kier molecular flexibility index (Phi) is 4.89. The molecular formula is C14H22N4O4. The molecule has 0 amide bonds. The Labute approximate surface area is 127 Å². The van der Waals surface area contributed by atoms with Crippen LogP contribution in [0.15, 0.2) is 9.59 Å². The normalized spacial score (nSPS) is 18.3. The fourth-order valence-electron chi connectivity index (χ4n) is 2.83. The topological polar surface area (TPSA) is 110 Å². The van der Waals surface area contributed by atoms with E-state index in [1.807, 2.05) is 0 Å². The number of nitrogens with zero attached hydrogens (tertiary/aromatic N) is 2. The Morgan fingerprint density at radius 3 is 2.77 bits per heavy atom. The first-order valence-corrected chi connectivity index (χ1v) is 7.53. The number of nitrogen functional groups attached to an aromatic ring is 1. The Morgan fingerprint density at radius 2 is 2.14 bits per heavy atom. The zero-order valence-electron chi connectivity index (χ0n) is 12.9. The molecule has 2 rings (SSSR count). The number of carbonyl (C=O) groups is 1. The Bertz CT molecular complexity index is 664. The van der Waals surface area contributed by atoms with Crippen LogP contribution in [0.4, 0.5) is 11.5 Å². The lowest BCUT2D eigenvalue weighted by Crippen LogP contribution is -2.44. The molecule has 1 aromatic heterocycles. The summed E-state index contributed by atoms with van der Waals surface area (Å²) in [7, 11) is 0. The monoisotopic (exact) mass is 310 g/mol. The van der Waals surface area contributed by atoms with Gasteiger partial charge in [-0.2, -0.15) is 0 Å². The molecule has 0 unspecified atom stereocenters. The zero-order valence-corrected chi connectivity index (χ0v) is 12.9. The molecule has 22 heavy (non-hydrogen) atoms. The van der Waals surface area contributed by atoms with Gasteiger partial charge in [-0.1, -0.05) is 0 Å². The van der Waals surface area contributed by atoms with Gasteiger partial charge < -0.3 is 15.4 Å². The number of anilines is 2.